The minimum atomic E-state index is -5.21. The van der Waals surface area contributed by atoms with Crippen molar-refractivity contribution in [1.82, 2.24) is 42.5 Å². The number of primary amides is 1. The Bertz CT molecular complexity index is 2000. The van der Waals surface area contributed by atoms with Gasteiger partial charge in [0.1, 0.15) is 54.6 Å². The Labute approximate surface area is 454 Å². The summed E-state index contributed by atoms with van der Waals surface area (Å²) in [6.07, 6.45) is 2.50. The number of guanidine groups is 1. The van der Waals surface area contributed by atoms with Gasteiger partial charge in [0.25, 0.3) is 0 Å². The van der Waals surface area contributed by atoms with Crippen LogP contribution in [0.3, 0.4) is 0 Å². The molecule has 0 aromatic carbocycles. The highest BCUT2D eigenvalue weighted by Gasteiger charge is 2.37. The number of carbonyl (C=O) groups is 10. The van der Waals surface area contributed by atoms with E-state index in [1.165, 1.54) is 11.8 Å². The minimum absolute atomic E-state index is 0.0241. The first-order valence-electron chi connectivity index (χ1n) is 25.5. The molecule has 0 rings (SSSR count). The number of hydrogen-bond acceptors (Lipinski definition) is 17. The summed E-state index contributed by atoms with van der Waals surface area (Å²) in [5.41, 5.74) is 28.1. The van der Waals surface area contributed by atoms with E-state index < -0.39 is 147 Å². The summed E-state index contributed by atoms with van der Waals surface area (Å²) in [7, 11) is -5.21. The fourth-order valence-electron chi connectivity index (χ4n) is 7.22. The topological polar surface area (TPSA) is 496 Å². The van der Waals surface area contributed by atoms with Gasteiger partial charge in [-0.05, 0) is 94.1 Å². The third kappa shape index (κ3) is 30.9. The van der Waals surface area contributed by atoms with Crippen LogP contribution in [0.15, 0.2) is 4.99 Å². The standard InChI is InChI=1S/C46H87N14O15PS/c1-8-27(6)37(60-41(67)32(14-15-36(49)63)55-44(70)35(24-75-76(72,73)74)59-38(64)29(48)16-19-77-7)45(71)56-30(12-9-10-17-47)39(65)54-31(13-11-18-52-46(50)51)40(66)57-34(21-26(4)5)43(69)58-33(20-25(2)3)42(68)53-28(22-61)23-62/h22,25-35,37,62H,8-21,23-24,47-48H2,1-7H3,(H2,49,63)(H,53,68)(H,54,65)(H,55,70)(H,56,71)(H,57,66)(H,58,69)(H,59,64)(H,60,67)(H4,50,51,52)(H2,72,73,74)/t27-,28+,29-,30-,31-,32-,33-,34-,35-,37-/m0/s1. The van der Waals surface area contributed by atoms with Crippen LogP contribution < -0.4 is 71.2 Å². The smallest absolute Gasteiger partial charge is 0.394 e. The molecule has 0 aromatic rings. The van der Waals surface area contributed by atoms with Gasteiger partial charge in [-0.25, -0.2) is 4.57 Å². The molecule has 0 saturated heterocycles. The number of rotatable bonds is 41. The number of nitrogens with one attached hydrogen (secondary N) is 8. The van der Waals surface area contributed by atoms with Gasteiger partial charge >= 0.3 is 7.82 Å². The summed E-state index contributed by atoms with van der Waals surface area (Å²) in [5.74, 6) is -8.84. The number of phosphoric acid groups is 1. The van der Waals surface area contributed by atoms with Crippen LogP contribution in [0.2, 0.25) is 0 Å². The van der Waals surface area contributed by atoms with Gasteiger partial charge in [-0.1, -0.05) is 48.0 Å². The van der Waals surface area contributed by atoms with Crippen molar-refractivity contribution in [3.8, 4) is 0 Å². The molecule has 0 saturated carbocycles. The molecular weight excluding hydrogens is 1050 g/mol. The number of amides is 9. The molecule has 10 atom stereocenters. The SMILES string of the molecule is CC[C@H](C)[C@H](NC(=O)[C@H](CCC(N)=O)NC(=O)[C@H](COP(=O)(O)O)NC(=O)[C@@H](N)CCSC)C(=O)N[C@@H](CCCCN)C(=O)N[C@@H](CCCN=C(N)N)C(=O)N[C@@H](CC(C)C)C(=O)N[C@@H](CC(C)C)C(=O)N[C@H](C=O)CO. The summed E-state index contributed by atoms with van der Waals surface area (Å²) in [4.78, 5) is 157. The number of aliphatic imine (C=N–C) groups is 1. The van der Waals surface area contributed by atoms with Gasteiger partial charge in [0, 0.05) is 13.0 Å². The second kappa shape index (κ2) is 38.1. The number of aliphatic hydroxyl groups excluding tert-OH is 1. The highest BCUT2D eigenvalue weighted by Crippen LogP contribution is 2.35. The van der Waals surface area contributed by atoms with Gasteiger partial charge < -0.3 is 90.9 Å². The molecule has 0 unspecified atom stereocenters. The quantitative estimate of drug-likeness (QED) is 0.00908. The second-order valence-electron chi connectivity index (χ2n) is 19.3. The zero-order chi connectivity index (χ0) is 59.0. The Morgan fingerprint density at radius 1 is 0.636 bits per heavy atom. The molecule has 0 spiro atoms. The van der Waals surface area contributed by atoms with Crippen molar-refractivity contribution in [3.63, 3.8) is 0 Å². The maximum absolute atomic E-state index is 14.4. The lowest BCUT2D eigenvalue weighted by molar-refractivity contribution is -0.137. The molecule has 0 aliphatic carbocycles. The lowest BCUT2D eigenvalue weighted by Gasteiger charge is -2.30. The summed E-state index contributed by atoms with van der Waals surface area (Å²) in [6, 6.07) is -12.5. The fraction of sp³-hybridized carbons (Fsp3) is 0.761. The zero-order valence-electron chi connectivity index (χ0n) is 45.2. The van der Waals surface area contributed by atoms with Gasteiger partial charge in [0.2, 0.25) is 53.2 Å². The number of aliphatic hydroxyl groups is 1. The van der Waals surface area contributed by atoms with Gasteiger partial charge in [-0.3, -0.25) is 52.7 Å². The van der Waals surface area contributed by atoms with E-state index in [0.717, 1.165) is 0 Å². The van der Waals surface area contributed by atoms with Gasteiger partial charge in [-0.2, -0.15) is 11.8 Å². The van der Waals surface area contributed by atoms with E-state index in [1.54, 1.807) is 47.8 Å². The van der Waals surface area contributed by atoms with Crippen molar-refractivity contribution >= 4 is 85.0 Å². The Morgan fingerprint density at radius 3 is 1.55 bits per heavy atom. The molecule has 442 valence electrons. The number of nitrogens with zero attached hydrogens (tertiary/aromatic N) is 1. The maximum atomic E-state index is 14.4. The largest absolute Gasteiger partial charge is 0.469 e. The predicted octanol–water partition coefficient (Wildman–Crippen LogP) is -4.17. The normalized spacial score (nSPS) is 15.4. The van der Waals surface area contributed by atoms with Crippen LogP contribution in [0.25, 0.3) is 0 Å². The Hall–Kier alpha value is -5.49. The van der Waals surface area contributed by atoms with E-state index in [2.05, 4.69) is 52.1 Å². The average Bonchev–Trinajstić information content (AvgIpc) is 3.35. The number of aldehydes is 1. The number of nitrogens with two attached hydrogens (primary N) is 5. The van der Waals surface area contributed by atoms with Crippen molar-refractivity contribution < 1.29 is 71.9 Å². The van der Waals surface area contributed by atoms with Crippen molar-refractivity contribution in [2.24, 2.45) is 51.4 Å². The maximum Gasteiger partial charge on any atom is 0.469 e. The number of unbranched alkanes of at least 4 members (excludes halogenated alkanes) is 1. The monoisotopic (exact) mass is 1140 g/mol. The van der Waals surface area contributed by atoms with E-state index in [0.29, 0.717) is 18.5 Å². The first-order chi connectivity index (χ1) is 36.0. The Kier molecular flexibility index (Phi) is 35.4. The molecule has 0 bridgehead atoms. The van der Waals surface area contributed by atoms with Crippen LogP contribution in [-0.2, 0) is 57.0 Å². The molecule has 0 heterocycles. The number of thioether (sulfide) groups is 1. The zero-order valence-corrected chi connectivity index (χ0v) is 47.0. The number of carbonyl (C=O) groups excluding carboxylic acids is 10. The predicted molar refractivity (Wildman–Crippen MR) is 287 cm³/mol. The summed E-state index contributed by atoms with van der Waals surface area (Å²) in [5, 5.41) is 29.7. The third-order valence-electron chi connectivity index (χ3n) is 11.6. The fourth-order valence-corrected chi connectivity index (χ4v) is 8.05. The van der Waals surface area contributed by atoms with Gasteiger partial charge in [0.05, 0.1) is 19.3 Å². The highest BCUT2D eigenvalue weighted by molar-refractivity contribution is 7.98. The van der Waals surface area contributed by atoms with Crippen molar-refractivity contribution in [2.75, 3.05) is 38.3 Å². The molecule has 29 nitrogen and oxygen atoms in total. The third-order valence-corrected chi connectivity index (χ3v) is 12.8. The van der Waals surface area contributed by atoms with Crippen LogP contribution in [0, 0.1) is 17.8 Å². The van der Waals surface area contributed by atoms with E-state index in [9.17, 15) is 67.4 Å². The Balaban J connectivity index is 7.02. The minimum Gasteiger partial charge on any atom is -0.394 e. The molecule has 0 fully saturated rings. The first kappa shape index (κ1) is 71.5. The van der Waals surface area contributed by atoms with Crippen molar-refractivity contribution in [2.45, 2.75) is 167 Å². The molecule has 0 radical (unpaired) electrons. The van der Waals surface area contributed by atoms with E-state index in [4.69, 9.17) is 28.7 Å². The van der Waals surface area contributed by atoms with E-state index >= 15 is 0 Å². The molecule has 0 aliphatic rings. The molecule has 0 aliphatic heterocycles. The highest BCUT2D eigenvalue weighted by atomic mass is 32.2. The lowest BCUT2D eigenvalue weighted by Crippen LogP contribution is -2.61. The molecular formula is C46H87N14O15PS. The van der Waals surface area contributed by atoms with E-state index in [1.807, 2.05) is 0 Å². The van der Waals surface area contributed by atoms with Crippen molar-refractivity contribution in [3.05, 3.63) is 0 Å². The first-order valence-corrected chi connectivity index (χ1v) is 28.4. The molecule has 31 heteroatoms. The van der Waals surface area contributed by atoms with Gasteiger partial charge in [0.15, 0.2) is 5.96 Å². The van der Waals surface area contributed by atoms with Crippen LogP contribution in [0.1, 0.15) is 112 Å². The van der Waals surface area contributed by atoms with Crippen LogP contribution in [0.4, 0.5) is 0 Å². The van der Waals surface area contributed by atoms with Crippen molar-refractivity contribution in [1.29, 1.82) is 0 Å². The summed E-state index contributed by atoms with van der Waals surface area (Å²) >= 11 is 1.38. The number of phosphoric ester groups is 1. The second-order valence-corrected chi connectivity index (χ2v) is 21.6. The molecule has 21 N–H and O–H groups in total. The van der Waals surface area contributed by atoms with Crippen LogP contribution >= 0.6 is 19.6 Å². The lowest BCUT2D eigenvalue weighted by atomic mass is 9.96. The summed E-state index contributed by atoms with van der Waals surface area (Å²) in [6.45, 7) is 8.95. The molecule has 77 heavy (non-hydrogen) atoms. The molecule has 0 aromatic heterocycles. The Morgan fingerprint density at radius 2 is 1.09 bits per heavy atom. The average molecular weight is 1140 g/mol. The molecule has 9 amide bonds. The van der Waals surface area contributed by atoms with E-state index in [-0.39, 0.29) is 82.3 Å². The van der Waals surface area contributed by atoms with Crippen LogP contribution in [0.5, 0.6) is 0 Å². The van der Waals surface area contributed by atoms with Crippen LogP contribution in [-0.4, -0.2) is 173 Å². The summed E-state index contributed by atoms with van der Waals surface area (Å²) < 4.78 is 16.1. The van der Waals surface area contributed by atoms with Gasteiger partial charge in [-0.15, -0.1) is 0 Å². The number of hydrogen-bond donors (Lipinski definition) is 16.